The van der Waals surface area contributed by atoms with Crippen LogP contribution in [0.5, 0.6) is 0 Å². The van der Waals surface area contributed by atoms with Gasteiger partial charge in [0.05, 0.1) is 12.7 Å². The lowest BCUT2D eigenvalue weighted by atomic mass is 10.1. The van der Waals surface area contributed by atoms with E-state index in [1.165, 1.54) is 0 Å². The van der Waals surface area contributed by atoms with E-state index in [1.54, 1.807) is 27.7 Å². The molecule has 3 rings (SSSR count). The van der Waals surface area contributed by atoms with E-state index in [0.717, 1.165) is 24.0 Å². The third-order valence-corrected chi connectivity index (χ3v) is 4.25. The number of rotatable bonds is 7. The third-order valence-electron chi connectivity index (χ3n) is 4.25. The molecule has 2 atom stereocenters. The first-order valence-corrected chi connectivity index (χ1v) is 9.26. The number of nitrogens with two attached hydrogens (primary N) is 1. The molecule has 0 saturated heterocycles. The second-order valence-electron chi connectivity index (χ2n) is 8.01. The minimum atomic E-state index is -0.842. The molecular formula is C20H27N3O4. The molecule has 0 amide bonds. The maximum atomic E-state index is 12.1. The van der Waals surface area contributed by atoms with Gasteiger partial charge in [-0.3, -0.25) is 4.79 Å². The van der Waals surface area contributed by atoms with Gasteiger partial charge in [-0.25, -0.2) is 0 Å². The number of carbonyl (C=O) groups excluding carboxylic acids is 1. The first-order chi connectivity index (χ1) is 12.7. The zero-order valence-corrected chi connectivity index (χ0v) is 16.3. The van der Waals surface area contributed by atoms with Crippen molar-refractivity contribution in [3.8, 4) is 11.4 Å². The van der Waals surface area contributed by atoms with Crippen LogP contribution in [0.2, 0.25) is 0 Å². The van der Waals surface area contributed by atoms with E-state index in [1.807, 2.05) is 24.3 Å². The van der Waals surface area contributed by atoms with Crippen molar-refractivity contribution in [1.29, 1.82) is 0 Å². The fraction of sp³-hybridized carbons (Fsp3) is 0.550. The van der Waals surface area contributed by atoms with Crippen LogP contribution < -0.4 is 5.73 Å². The Bertz CT molecular complexity index is 793. The van der Waals surface area contributed by atoms with E-state index in [0.29, 0.717) is 24.2 Å². The van der Waals surface area contributed by atoms with Gasteiger partial charge < -0.3 is 19.7 Å². The van der Waals surface area contributed by atoms with Gasteiger partial charge >= 0.3 is 5.97 Å². The molecule has 7 nitrogen and oxygen atoms in total. The van der Waals surface area contributed by atoms with Gasteiger partial charge in [0.25, 0.3) is 0 Å². The number of benzene rings is 1. The Hall–Kier alpha value is -2.25. The van der Waals surface area contributed by atoms with Gasteiger partial charge in [0, 0.05) is 11.5 Å². The standard InChI is InChI=1S/C20H27N3O4/c1-12(16(21)19(24)26-20(2,3)4)25-11-13-6-5-7-15(10-13)17-22-18(27-23-17)14-8-9-14/h5-7,10,12,14,16H,8-9,11,21H2,1-4H3. The predicted octanol–water partition coefficient (Wildman–Crippen LogP) is 3.19. The molecule has 1 heterocycles. The Kier molecular flexibility index (Phi) is 5.62. The Morgan fingerprint density at radius 2 is 2.11 bits per heavy atom. The molecule has 2 N–H and O–H groups in total. The summed E-state index contributed by atoms with van der Waals surface area (Å²) in [7, 11) is 0. The summed E-state index contributed by atoms with van der Waals surface area (Å²) in [6.07, 6.45) is 1.76. The molecule has 27 heavy (non-hydrogen) atoms. The van der Waals surface area contributed by atoms with Crippen LogP contribution in [0.4, 0.5) is 0 Å². The second-order valence-corrected chi connectivity index (χ2v) is 8.01. The van der Waals surface area contributed by atoms with Crippen LogP contribution in [-0.4, -0.2) is 33.9 Å². The van der Waals surface area contributed by atoms with Crippen LogP contribution in [0.15, 0.2) is 28.8 Å². The van der Waals surface area contributed by atoms with Crippen LogP contribution in [0.1, 0.15) is 57.9 Å². The van der Waals surface area contributed by atoms with E-state index in [2.05, 4.69) is 10.1 Å². The van der Waals surface area contributed by atoms with Crippen molar-refractivity contribution in [2.24, 2.45) is 5.73 Å². The number of esters is 1. The average molecular weight is 373 g/mol. The number of hydrogen-bond acceptors (Lipinski definition) is 7. The van der Waals surface area contributed by atoms with E-state index >= 15 is 0 Å². The van der Waals surface area contributed by atoms with Crippen LogP contribution >= 0.6 is 0 Å². The summed E-state index contributed by atoms with van der Waals surface area (Å²) in [4.78, 5) is 16.5. The zero-order valence-electron chi connectivity index (χ0n) is 16.3. The molecule has 7 heteroatoms. The number of aromatic nitrogens is 2. The first kappa shape index (κ1) is 19.5. The van der Waals surface area contributed by atoms with Gasteiger partial charge in [0.15, 0.2) is 0 Å². The summed E-state index contributed by atoms with van der Waals surface area (Å²) in [5.74, 6) is 1.25. The Balaban J connectivity index is 1.58. The number of nitrogens with zero attached hydrogens (tertiary/aromatic N) is 2. The molecule has 0 radical (unpaired) electrons. The molecule has 146 valence electrons. The SMILES string of the molecule is CC(OCc1cccc(-c2noc(C3CC3)n2)c1)C(N)C(=O)OC(C)(C)C. The smallest absolute Gasteiger partial charge is 0.326 e. The van der Waals surface area contributed by atoms with Crippen molar-refractivity contribution in [2.45, 2.75) is 70.8 Å². The Morgan fingerprint density at radius 3 is 2.78 bits per heavy atom. The number of hydrogen-bond donors (Lipinski definition) is 1. The van der Waals surface area contributed by atoms with Crippen LogP contribution in [-0.2, 0) is 20.9 Å². The lowest BCUT2D eigenvalue weighted by molar-refractivity contribution is -0.160. The summed E-state index contributed by atoms with van der Waals surface area (Å²) in [6.45, 7) is 7.50. The van der Waals surface area contributed by atoms with Crippen LogP contribution in [0, 0.1) is 0 Å². The van der Waals surface area contributed by atoms with Crippen molar-refractivity contribution in [1.82, 2.24) is 10.1 Å². The van der Waals surface area contributed by atoms with E-state index in [-0.39, 0.29) is 0 Å². The lowest BCUT2D eigenvalue weighted by Crippen LogP contribution is -2.45. The number of carbonyl (C=O) groups is 1. The lowest BCUT2D eigenvalue weighted by Gasteiger charge is -2.25. The molecule has 1 aromatic carbocycles. The quantitative estimate of drug-likeness (QED) is 0.744. The van der Waals surface area contributed by atoms with E-state index in [4.69, 9.17) is 19.7 Å². The molecule has 0 spiro atoms. The van der Waals surface area contributed by atoms with Crippen molar-refractivity contribution in [2.75, 3.05) is 0 Å². The average Bonchev–Trinajstić information content (AvgIpc) is 3.34. The van der Waals surface area contributed by atoms with Gasteiger partial charge in [-0.15, -0.1) is 0 Å². The minimum absolute atomic E-state index is 0.318. The van der Waals surface area contributed by atoms with Crippen molar-refractivity contribution in [3.63, 3.8) is 0 Å². The predicted molar refractivity (Wildman–Crippen MR) is 99.8 cm³/mol. The number of ether oxygens (including phenoxy) is 2. The van der Waals surface area contributed by atoms with E-state index in [9.17, 15) is 4.79 Å². The summed E-state index contributed by atoms with van der Waals surface area (Å²) < 4.78 is 16.4. The third kappa shape index (κ3) is 5.37. The van der Waals surface area contributed by atoms with Crippen molar-refractivity contribution in [3.05, 3.63) is 35.7 Å². The zero-order chi connectivity index (χ0) is 19.6. The second kappa shape index (κ2) is 7.78. The highest BCUT2D eigenvalue weighted by Gasteiger charge is 2.30. The van der Waals surface area contributed by atoms with Gasteiger partial charge in [0.2, 0.25) is 11.7 Å². The topological polar surface area (TPSA) is 100 Å². The van der Waals surface area contributed by atoms with Crippen LogP contribution in [0.25, 0.3) is 11.4 Å². The Labute approximate surface area is 159 Å². The first-order valence-electron chi connectivity index (χ1n) is 9.26. The molecular weight excluding hydrogens is 346 g/mol. The summed E-state index contributed by atoms with van der Waals surface area (Å²) >= 11 is 0. The molecule has 1 aromatic heterocycles. The molecule has 2 aromatic rings. The van der Waals surface area contributed by atoms with Gasteiger partial charge in [-0.1, -0.05) is 23.4 Å². The fourth-order valence-corrected chi connectivity index (χ4v) is 2.54. The molecule has 1 aliphatic carbocycles. The Morgan fingerprint density at radius 1 is 1.37 bits per heavy atom. The molecule has 1 aliphatic rings. The normalized spacial score (nSPS) is 16.8. The highest BCUT2D eigenvalue weighted by Crippen LogP contribution is 2.39. The molecule has 0 aliphatic heterocycles. The van der Waals surface area contributed by atoms with E-state index < -0.39 is 23.7 Å². The highest BCUT2D eigenvalue weighted by atomic mass is 16.6. The monoisotopic (exact) mass is 373 g/mol. The van der Waals surface area contributed by atoms with Crippen LogP contribution in [0.3, 0.4) is 0 Å². The molecule has 2 unspecified atom stereocenters. The van der Waals surface area contributed by atoms with Crippen molar-refractivity contribution < 1.29 is 18.8 Å². The maximum Gasteiger partial charge on any atom is 0.326 e. The van der Waals surface area contributed by atoms with Crippen molar-refractivity contribution >= 4 is 5.97 Å². The molecule has 1 saturated carbocycles. The molecule has 1 fully saturated rings. The van der Waals surface area contributed by atoms with Gasteiger partial charge in [0.1, 0.15) is 11.6 Å². The summed E-state index contributed by atoms with van der Waals surface area (Å²) in [6, 6.07) is 6.90. The van der Waals surface area contributed by atoms with Gasteiger partial charge in [-0.05, 0) is 52.2 Å². The summed E-state index contributed by atoms with van der Waals surface area (Å²) in [5.41, 5.74) is 7.19. The summed E-state index contributed by atoms with van der Waals surface area (Å²) in [5, 5.41) is 4.06. The highest BCUT2D eigenvalue weighted by molar-refractivity contribution is 5.76. The largest absolute Gasteiger partial charge is 0.459 e. The fourth-order valence-electron chi connectivity index (χ4n) is 2.54. The maximum absolute atomic E-state index is 12.1. The van der Waals surface area contributed by atoms with Gasteiger partial charge in [-0.2, -0.15) is 4.98 Å². The molecule has 0 bridgehead atoms. The minimum Gasteiger partial charge on any atom is -0.459 e.